The molecular formula is C14H14BrF2NO. The van der Waals surface area contributed by atoms with Gasteiger partial charge in [-0.1, -0.05) is 6.92 Å². The Hall–Kier alpha value is -1.20. The summed E-state index contributed by atoms with van der Waals surface area (Å²) in [6.07, 6.45) is 0.860. The topological polar surface area (TPSA) is 25.2 Å². The number of benzene rings is 1. The van der Waals surface area contributed by atoms with Crippen molar-refractivity contribution in [2.75, 3.05) is 7.05 Å². The molecular weight excluding hydrogens is 316 g/mol. The minimum absolute atomic E-state index is 0.0840. The van der Waals surface area contributed by atoms with Crippen molar-refractivity contribution in [2.45, 2.75) is 19.4 Å². The second-order valence-corrected chi connectivity index (χ2v) is 5.05. The molecule has 0 radical (unpaired) electrons. The third-order valence-electron chi connectivity index (χ3n) is 3.00. The van der Waals surface area contributed by atoms with Crippen LogP contribution in [0.1, 0.15) is 25.1 Å². The molecule has 1 aromatic carbocycles. The molecule has 2 nitrogen and oxygen atoms in total. The molecule has 0 spiro atoms. The molecule has 0 aliphatic carbocycles. The number of hydrogen-bond donors (Lipinski definition) is 1. The Morgan fingerprint density at radius 2 is 2.00 bits per heavy atom. The van der Waals surface area contributed by atoms with E-state index in [0.717, 1.165) is 18.2 Å². The first-order chi connectivity index (χ1) is 9.06. The van der Waals surface area contributed by atoms with Gasteiger partial charge >= 0.3 is 0 Å². The monoisotopic (exact) mass is 329 g/mol. The highest BCUT2D eigenvalue weighted by molar-refractivity contribution is 9.10. The molecule has 1 aromatic heterocycles. The summed E-state index contributed by atoms with van der Waals surface area (Å²) in [5.41, 5.74) is 0.241. The van der Waals surface area contributed by atoms with E-state index in [1.807, 2.05) is 14.0 Å². The van der Waals surface area contributed by atoms with Crippen LogP contribution in [0, 0.1) is 11.6 Å². The van der Waals surface area contributed by atoms with Gasteiger partial charge < -0.3 is 9.73 Å². The quantitative estimate of drug-likeness (QED) is 0.825. The SMILES string of the molecule is CCC(NC)c1ccc(-c2cc(Br)c(F)cc2F)o1. The molecule has 1 atom stereocenters. The molecule has 1 N–H and O–H groups in total. The summed E-state index contributed by atoms with van der Waals surface area (Å²) in [6, 6.07) is 5.81. The summed E-state index contributed by atoms with van der Waals surface area (Å²) in [7, 11) is 1.84. The van der Waals surface area contributed by atoms with Crippen LogP contribution in [0.5, 0.6) is 0 Å². The van der Waals surface area contributed by atoms with Gasteiger partial charge in [0.25, 0.3) is 0 Å². The standard InChI is InChI=1S/C14H14BrF2NO/c1-3-12(18-2)14-5-4-13(19-14)8-6-9(15)11(17)7-10(8)16/h4-7,12,18H,3H2,1-2H3. The van der Waals surface area contributed by atoms with Crippen molar-refractivity contribution < 1.29 is 13.2 Å². The highest BCUT2D eigenvalue weighted by atomic mass is 79.9. The predicted molar refractivity (Wildman–Crippen MR) is 73.9 cm³/mol. The van der Waals surface area contributed by atoms with E-state index < -0.39 is 11.6 Å². The van der Waals surface area contributed by atoms with Crippen LogP contribution >= 0.6 is 15.9 Å². The zero-order chi connectivity index (χ0) is 14.0. The van der Waals surface area contributed by atoms with Gasteiger partial charge in [-0.25, -0.2) is 8.78 Å². The van der Waals surface area contributed by atoms with Gasteiger partial charge in [0, 0.05) is 6.07 Å². The van der Waals surface area contributed by atoms with E-state index in [1.54, 1.807) is 12.1 Å². The zero-order valence-electron chi connectivity index (χ0n) is 10.6. The summed E-state index contributed by atoms with van der Waals surface area (Å²) in [4.78, 5) is 0. The molecule has 2 aromatic rings. The van der Waals surface area contributed by atoms with Gasteiger partial charge in [-0.2, -0.15) is 0 Å². The van der Waals surface area contributed by atoms with E-state index in [2.05, 4.69) is 21.2 Å². The normalized spacial score (nSPS) is 12.7. The van der Waals surface area contributed by atoms with Crippen molar-refractivity contribution in [3.63, 3.8) is 0 Å². The minimum Gasteiger partial charge on any atom is -0.459 e. The molecule has 2 rings (SSSR count). The summed E-state index contributed by atoms with van der Waals surface area (Å²) in [5, 5.41) is 3.11. The van der Waals surface area contributed by atoms with E-state index in [-0.39, 0.29) is 16.1 Å². The van der Waals surface area contributed by atoms with Gasteiger partial charge in [-0.05, 0) is 47.6 Å². The van der Waals surface area contributed by atoms with Crippen LogP contribution in [0.15, 0.2) is 33.2 Å². The number of rotatable bonds is 4. The van der Waals surface area contributed by atoms with E-state index in [1.165, 1.54) is 6.07 Å². The smallest absolute Gasteiger partial charge is 0.140 e. The Labute approximate surface area is 118 Å². The fourth-order valence-corrected chi connectivity index (χ4v) is 2.29. The van der Waals surface area contributed by atoms with Crippen LogP contribution in [0.4, 0.5) is 8.78 Å². The second kappa shape index (κ2) is 5.84. The minimum atomic E-state index is -0.640. The molecule has 19 heavy (non-hydrogen) atoms. The maximum absolute atomic E-state index is 13.8. The summed E-state index contributed by atoms with van der Waals surface area (Å²) >= 11 is 3.04. The van der Waals surface area contributed by atoms with E-state index >= 15 is 0 Å². The first-order valence-corrected chi connectivity index (χ1v) is 6.78. The molecule has 0 aliphatic heterocycles. The Kier molecular flexibility index (Phi) is 4.37. The molecule has 1 heterocycles. The Balaban J connectivity index is 2.40. The molecule has 0 bridgehead atoms. The van der Waals surface area contributed by atoms with Crippen LogP contribution in [0.3, 0.4) is 0 Å². The number of furan rings is 1. The lowest BCUT2D eigenvalue weighted by molar-refractivity contribution is 0.430. The summed E-state index contributed by atoms with van der Waals surface area (Å²) in [5.74, 6) is -0.143. The van der Waals surface area contributed by atoms with Crippen LogP contribution < -0.4 is 5.32 Å². The van der Waals surface area contributed by atoms with Crippen molar-refractivity contribution in [1.29, 1.82) is 0 Å². The maximum Gasteiger partial charge on any atom is 0.140 e. The zero-order valence-corrected chi connectivity index (χ0v) is 12.2. The van der Waals surface area contributed by atoms with Crippen molar-refractivity contribution in [2.24, 2.45) is 0 Å². The molecule has 102 valence electrons. The number of hydrogen-bond acceptors (Lipinski definition) is 2. The fourth-order valence-electron chi connectivity index (χ4n) is 1.94. The highest BCUT2D eigenvalue weighted by Crippen LogP contribution is 2.31. The van der Waals surface area contributed by atoms with Gasteiger partial charge in [0.05, 0.1) is 16.1 Å². The summed E-state index contributed by atoms with van der Waals surface area (Å²) in [6.45, 7) is 2.03. The average Bonchev–Trinajstić information content (AvgIpc) is 2.85. The molecule has 0 saturated heterocycles. The Bertz CT molecular complexity index is 579. The van der Waals surface area contributed by atoms with Gasteiger partial charge in [0.1, 0.15) is 23.2 Å². The lowest BCUT2D eigenvalue weighted by Crippen LogP contribution is -2.14. The van der Waals surface area contributed by atoms with Gasteiger partial charge in [-0.15, -0.1) is 0 Å². The number of nitrogens with one attached hydrogen (secondary N) is 1. The van der Waals surface area contributed by atoms with E-state index in [9.17, 15) is 8.78 Å². The molecule has 0 saturated carbocycles. The lowest BCUT2D eigenvalue weighted by Gasteiger charge is -2.10. The van der Waals surface area contributed by atoms with Gasteiger partial charge in [-0.3, -0.25) is 0 Å². The Morgan fingerprint density at radius 3 is 2.63 bits per heavy atom. The fraction of sp³-hybridized carbons (Fsp3) is 0.286. The molecule has 0 aliphatic rings. The largest absolute Gasteiger partial charge is 0.459 e. The third kappa shape index (κ3) is 2.87. The Morgan fingerprint density at radius 1 is 1.26 bits per heavy atom. The van der Waals surface area contributed by atoms with Crippen LogP contribution in [0.2, 0.25) is 0 Å². The lowest BCUT2D eigenvalue weighted by atomic mass is 10.1. The van der Waals surface area contributed by atoms with Gasteiger partial charge in [0.2, 0.25) is 0 Å². The number of halogens is 3. The van der Waals surface area contributed by atoms with Crippen molar-refractivity contribution in [3.05, 3.63) is 46.1 Å². The molecule has 5 heteroatoms. The molecule has 1 unspecified atom stereocenters. The van der Waals surface area contributed by atoms with Crippen LogP contribution in [-0.2, 0) is 0 Å². The van der Waals surface area contributed by atoms with Gasteiger partial charge in [0.15, 0.2) is 0 Å². The molecule has 0 fully saturated rings. The third-order valence-corrected chi connectivity index (χ3v) is 3.61. The van der Waals surface area contributed by atoms with Crippen LogP contribution in [0.25, 0.3) is 11.3 Å². The second-order valence-electron chi connectivity index (χ2n) is 4.20. The summed E-state index contributed by atoms with van der Waals surface area (Å²) < 4.78 is 32.8. The first kappa shape index (κ1) is 14.2. The van der Waals surface area contributed by atoms with Crippen LogP contribution in [-0.4, -0.2) is 7.05 Å². The highest BCUT2D eigenvalue weighted by Gasteiger charge is 2.16. The molecule has 0 amide bonds. The van der Waals surface area contributed by atoms with Crippen molar-refractivity contribution in [3.8, 4) is 11.3 Å². The van der Waals surface area contributed by atoms with Crippen molar-refractivity contribution in [1.82, 2.24) is 5.32 Å². The first-order valence-electron chi connectivity index (χ1n) is 5.98. The van der Waals surface area contributed by atoms with E-state index in [4.69, 9.17) is 4.42 Å². The van der Waals surface area contributed by atoms with E-state index in [0.29, 0.717) is 5.76 Å². The maximum atomic E-state index is 13.8. The average molecular weight is 330 g/mol. The predicted octanol–water partition coefficient (Wildman–Crippen LogP) is 4.66. The van der Waals surface area contributed by atoms with Crippen molar-refractivity contribution >= 4 is 15.9 Å².